The van der Waals surface area contributed by atoms with E-state index in [1.165, 1.54) is 0 Å². The maximum absolute atomic E-state index is 10.4. The van der Waals surface area contributed by atoms with Gasteiger partial charge in [-0.25, -0.2) is 0 Å². The molecule has 2 aromatic rings. The second-order valence-corrected chi connectivity index (χ2v) is 4.31. The molecule has 0 heterocycles. The summed E-state index contributed by atoms with van der Waals surface area (Å²) in [7, 11) is 0. The molecular weight excluding hydrogens is 268 g/mol. The highest BCUT2D eigenvalue weighted by molar-refractivity contribution is 5.63. The first-order valence-electron chi connectivity index (χ1n) is 6.40. The van der Waals surface area contributed by atoms with Crippen LogP contribution in [0, 0.1) is 0 Å². The second kappa shape index (κ2) is 7.54. The van der Waals surface area contributed by atoms with Gasteiger partial charge >= 0.3 is 0 Å². The van der Waals surface area contributed by atoms with Crippen molar-refractivity contribution in [1.29, 1.82) is 0 Å². The Morgan fingerprint density at radius 1 is 0.857 bits per heavy atom. The Balaban J connectivity index is 2.23. The lowest BCUT2D eigenvalue weighted by Gasteiger charge is -2.14. The third-order valence-corrected chi connectivity index (χ3v) is 2.88. The Morgan fingerprint density at radius 2 is 1.57 bits per heavy atom. The van der Waals surface area contributed by atoms with Crippen molar-refractivity contribution in [2.45, 2.75) is 6.42 Å². The Labute approximate surface area is 122 Å². The number of hydrogen-bond acceptors (Lipinski definition) is 4. The van der Waals surface area contributed by atoms with Crippen molar-refractivity contribution < 1.29 is 9.59 Å². The van der Waals surface area contributed by atoms with Gasteiger partial charge in [0.25, 0.3) is 0 Å². The molecule has 6 nitrogen and oxygen atoms in total. The van der Waals surface area contributed by atoms with E-state index in [4.69, 9.17) is 0 Å². The van der Waals surface area contributed by atoms with Gasteiger partial charge in [-0.15, -0.1) is 0 Å². The molecule has 0 aliphatic heterocycles. The zero-order valence-electron chi connectivity index (χ0n) is 11.3. The Morgan fingerprint density at radius 3 is 2.29 bits per heavy atom. The lowest BCUT2D eigenvalue weighted by atomic mass is 10.0. The molecule has 0 unspecified atom stereocenters. The number of carbonyl (C=O) groups excluding carboxylic acids is 2. The van der Waals surface area contributed by atoms with Crippen LogP contribution in [-0.4, -0.2) is 12.8 Å². The molecule has 0 saturated carbocycles. The van der Waals surface area contributed by atoms with Crippen LogP contribution >= 0.6 is 0 Å². The summed E-state index contributed by atoms with van der Waals surface area (Å²) in [6, 6.07) is 15.5. The van der Waals surface area contributed by atoms with Gasteiger partial charge in [-0.05, 0) is 35.7 Å². The van der Waals surface area contributed by atoms with Crippen LogP contribution in [0.5, 0.6) is 0 Å². The van der Waals surface area contributed by atoms with Crippen LogP contribution in [0.4, 0.5) is 11.4 Å². The maximum atomic E-state index is 10.4. The third kappa shape index (κ3) is 4.24. The van der Waals surface area contributed by atoms with Gasteiger partial charge in [-0.3, -0.25) is 31.3 Å². The Kier molecular flexibility index (Phi) is 5.17. The first kappa shape index (κ1) is 14.4. The van der Waals surface area contributed by atoms with Crippen LogP contribution in [-0.2, 0) is 16.0 Å². The number of anilines is 2. The molecule has 0 aromatic heterocycles. The average Bonchev–Trinajstić information content (AvgIpc) is 2.53. The lowest BCUT2D eigenvalue weighted by molar-refractivity contribution is -0.109. The van der Waals surface area contributed by atoms with Gasteiger partial charge in [-0.2, -0.15) is 0 Å². The van der Waals surface area contributed by atoms with Gasteiger partial charge in [0.05, 0.1) is 11.4 Å². The first-order valence-corrected chi connectivity index (χ1v) is 6.40. The van der Waals surface area contributed by atoms with Gasteiger partial charge in [-0.1, -0.05) is 30.3 Å². The van der Waals surface area contributed by atoms with E-state index in [1.54, 1.807) is 6.07 Å². The number of amides is 2. The quantitative estimate of drug-likeness (QED) is 0.436. The van der Waals surface area contributed by atoms with Crippen LogP contribution in [0.2, 0.25) is 0 Å². The molecule has 2 rings (SSSR count). The number of hydrogen-bond donors (Lipinski definition) is 4. The highest BCUT2D eigenvalue weighted by Gasteiger charge is 2.05. The highest BCUT2D eigenvalue weighted by atomic mass is 16.1. The molecule has 0 radical (unpaired) electrons. The van der Waals surface area contributed by atoms with E-state index in [0.717, 1.165) is 22.5 Å². The fourth-order valence-electron chi connectivity index (χ4n) is 1.98. The maximum Gasteiger partial charge on any atom is 0.225 e. The van der Waals surface area contributed by atoms with Crippen LogP contribution in [0.15, 0.2) is 48.5 Å². The van der Waals surface area contributed by atoms with Crippen LogP contribution < -0.4 is 21.7 Å². The predicted molar refractivity (Wildman–Crippen MR) is 81.3 cm³/mol. The summed E-state index contributed by atoms with van der Waals surface area (Å²) in [4.78, 5) is 20.7. The highest BCUT2D eigenvalue weighted by Crippen LogP contribution is 2.22. The minimum Gasteiger partial charge on any atom is -0.299 e. The summed E-state index contributed by atoms with van der Waals surface area (Å²) in [5, 5.41) is 0. The number of benzene rings is 2. The van der Waals surface area contributed by atoms with E-state index in [2.05, 4.69) is 21.7 Å². The van der Waals surface area contributed by atoms with Crippen molar-refractivity contribution in [2.24, 2.45) is 0 Å². The predicted octanol–water partition coefficient (Wildman–Crippen LogP) is 1.42. The van der Waals surface area contributed by atoms with Gasteiger partial charge < -0.3 is 0 Å². The Hall–Kier alpha value is -3.02. The van der Waals surface area contributed by atoms with Crippen molar-refractivity contribution in [3.8, 4) is 0 Å². The first-order chi connectivity index (χ1) is 10.3. The number of rotatable bonds is 8. The summed E-state index contributed by atoms with van der Waals surface area (Å²) in [5.74, 6) is 0. The minimum absolute atomic E-state index is 0.566. The van der Waals surface area contributed by atoms with Gasteiger partial charge in [0.2, 0.25) is 12.8 Å². The summed E-state index contributed by atoms with van der Waals surface area (Å²) in [6.07, 6.45) is 1.84. The van der Waals surface area contributed by atoms with Crippen molar-refractivity contribution >= 4 is 24.2 Å². The molecule has 0 spiro atoms. The largest absolute Gasteiger partial charge is 0.299 e. The summed E-state index contributed by atoms with van der Waals surface area (Å²) in [5.41, 5.74) is 14.1. The van der Waals surface area contributed by atoms with Gasteiger partial charge in [0.1, 0.15) is 0 Å². The van der Waals surface area contributed by atoms with Gasteiger partial charge in [0, 0.05) is 0 Å². The Bertz CT molecular complexity index is 602. The van der Waals surface area contributed by atoms with E-state index in [-0.39, 0.29) is 0 Å². The van der Waals surface area contributed by atoms with E-state index < -0.39 is 0 Å². The van der Waals surface area contributed by atoms with E-state index in [0.29, 0.717) is 19.2 Å². The van der Waals surface area contributed by atoms with E-state index >= 15 is 0 Å². The molecule has 0 atom stereocenters. The molecule has 6 heteroatoms. The molecule has 0 saturated heterocycles. The normalized spacial score (nSPS) is 9.52. The van der Waals surface area contributed by atoms with E-state index in [1.807, 2.05) is 42.5 Å². The number of carbonyl (C=O) groups is 2. The zero-order valence-corrected chi connectivity index (χ0v) is 11.3. The molecule has 0 aliphatic rings. The molecule has 4 N–H and O–H groups in total. The van der Waals surface area contributed by atoms with Crippen molar-refractivity contribution in [3.63, 3.8) is 0 Å². The summed E-state index contributed by atoms with van der Waals surface area (Å²) < 4.78 is 0. The molecular formula is C15H16N4O2. The summed E-state index contributed by atoms with van der Waals surface area (Å²) >= 11 is 0. The monoisotopic (exact) mass is 284 g/mol. The topological polar surface area (TPSA) is 82.3 Å². The molecule has 2 aromatic carbocycles. The average molecular weight is 284 g/mol. The third-order valence-electron chi connectivity index (χ3n) is 2.88. The second-order valence-electron chi connectivity index (χ2n) is 4.31. The smallest absolute Gasteiger partial charge is 0.225 e. The lowest BCUT2D eigenvalue weighted by Crippen LogP contribution is -2.21. The number of nitrogens with one attached hydrogen (secondary N) is 4. The fourth-order valence-corrected chi connectivity index (χ4v) is 1.98. The summed E-state index contributed by atoms with van der Waals surface area (Å²) in [6.45, 7) is 0. The van der Waals surface area contributed by atoms with Crippen LogP contribution in [0.3, 0.4) is 0 Å². The zero-order chi connectivity index (χ0) is 14.9. The molecule has 0 fully saturated rings. The molecule has 21 heavy (non-hydrogen) atoms. The number of hydrazine groups is 2. The fraction of sp³-hybridized carbons (Fsp3) is 0.0667. The van der Waals surface area contributed by atoms with Crippen molar-refractivity contribution in [1.82, 2.24) is 10.9 Å². The van der Waals surface area contributed by atoms with Gasteiger partial charge in [0.15, 0.2) is 0 Å². The molecule has 108 valence electrons. The van der Waals surface area contributed by atoms with Crippen LogP contribution in [0.1, 0.15) is 11.1 Å². The molecule has 0 aliphatic carbocycles. The van der Waals surface area contributed by atoms with Crippen LogP contribution in [0.25, 0.3) is 0 Å². The standard InChI is InChI=1S/C15H16N4O2/c20-10-16-18-14-6-7-15(19-17-11-21)13(9-14)8-12-4-2-1-3-5-12/h1-7,9-11,18-19H,8H2,(H,16,20)(H,17,21). The van der Waals surface area contributed by atoms with Crippen molar-refractivity contribution in [2.75, 3.05) is 10.9 Å². The molecule has 2 amide bonds. The van der Waals surface area contributed by atoms with E-state index in [9.17, 15) is 9.59 Å². The van der Waals surface area contributed by atoms with Crippen molar-refractivity contribution in [3.05, 3.63) is 59.7 Å². The minimum atomic E-state index is 0.566. The molecule has 0 bridgehead atoms. The SMILES string of the molecule is O=CNNc1ccc(NNC=O)c(Cc2ccccc2)c1.